The minimum Gasteiger partial charge on any atom is -0.395 e. The van der Waals surface area contributed by atoms with Gasteiger partial charge in [0.1, 0.15) is 11.0 Å². The fraction of sp³-hybridized carbons (Fsp3) is 0.600. The average Bonchev–Trinajstić information content (AvgIpc) is 2.45. The highest BCUT2D eigenvalue weighted by Crippen LogP contribution is 2.24. The topological polar surface area (TPSA) is 52.6 Å². The van der Waals surface area contributed by atoms with Crippen molar-refractivity contribution in [1.29, 1.82) is 0 Å². The molecule has 4 nitrogen and oxygen atoms in total. The van der Waals surface area contributed by atoms with Crippen LogP contribution in [0.4, 0.5) is 0 Å². The molecule has 2 unspecified atom stereocenters. The summed E-state index contributed by atoms with van der Waals surface area (Å²) in [5.41, 5.74) is 1.33. The first-order valence-corrected chi connectivity index (χ1v) is 8.15. The lowest BCUT2D eigenvalue weighted by Gasteiger charge is -2.33. The number of piperazine rings is 1. The van der Waals surface area contributed by atoms with Crippen molar-refractivity contribution in [1.82, 2.24) is 9.62 Å². The highest BCUT2D eigenvalue weighted by molar-refractivity contribution is 7.82. The van der Waals surface area contributed by atoms with Gasteiger partial charge in [0, 0.05) is 19.6 Å². The smallest absolute Gasteiger partial charge is 0.128 e. The van der Waals surface area contributed by atoms with Gasteiger partial charge in [0.2, 0.25) is 0 Å². The van der Waals surface area contributed by atoms with Gasteiger partial charge >= 0.3 is 0 Å². The van der Waals surface area contributed by atoms with Gasteiger partial charge in [0.15, 0.2) is 0 Å². The van der Waals surface area contributed by atoms with E-state index in [1.807, 2.05) is 28.6 Å². The lowest BCUT2D eigenvalue weighted by atomic mass is 9.87. The Morgan fingerprint density at radius 2 is 2.00 bits per heavy atom. The molecule has 0 aliphatic carbocycles. The molecule has 0 amide bonds. The van der Waals surface area contributed by atoms with Crippen molar-refractivity contribution in [3.05, 3.63) is 29.8 Å². The third kappa shape index (κ3) is 3.47. The summed E-state index contributed by atoms with van der Waals surface area (Å²) in [6.07, 6.45) is 0. The number of hydrogen-bond donors (Lipinski definition) is 2. The van der Waals surface area contributed by atoms with Crippen molar-refractivity contribution in [2.75, 3.05) is 26.2 Å². The van der Waals surface area contributed by atoms with Gasteiger partial charge < -0.3 is 10.4 Å². The van der Waals surface area contributed by atoms with E-state index in [0.29, 0.717) is 13.1 Å². The van der Waals surface area contributed by atoms with Crippen LogP contribution in [0.3, 0.4) is 0 Å². The molecule has 0 radical (unpaired) electrons. The molecule has 1 aromatic carbocycles. The third-order valence-electron chi connectivity index (χ3n) is 3.64. The van der Waals surface area contributed by atoms with E-state index in [1.54, 1.807) is 0 Å². The largest absolute Gasteiger partial charge is 0.395 e. The van der Waals surface area contributed by atoms with Crippen LogP contribution in [0.5, 0.6) is 0 Å². The molecule has 1 aliphatic rings. The molecular formula is C15H24N2O2S. The predicted octanol–water partition coefficient (Wildman–Crippen LogP) is 1.27. The lowest BCUT2D eigenvalue weighted by molar-refractivity contribution is 0.170. The van der Waals surface area contributed by atoms with E-state index in [0.717, 1.165) is 11.4 Å². The number of hydrogen-bond acceptors (Lipinski definition) is 3. The molecule has 0 saturated carbocycles. The third-order valence-corrected chi connectivity index (χ3v) is 5.22. The first-order chi connectivity index (χ1) is 9.43. The monoisotopic (exact) mass is 296 g/mol. The van der Waals surface area contributed by atoms with Gasteiger partial charge in [-0.2, -0.15) is 0 Å². The maximum atomic E-state index is 12.6. The Labute approximate surface area is 123 Å². The molecule has 5 heteroatoms. The van der Waals surface area contributed by atoms with Crippen LogP contribution in [-0.2, 0) is 16.4 Å². The van der Waals surface area contributed by atoms with E-state index in [2.05, 4.69) is 26.1 Å². The maximum Gasteiger partial charge on any atom is 0.128 e. The summed E-state index contributed by atoms with van der Waals surface area (Å²) < 4.78 is 14.5. The van der Waals surface area contributed by atoms with Crippen molar-refractivity contribution >= 4 is 11.0 Å². The van der Waals surface area contributed by atoms with Gasteiger partial charge in [0.25, 0.3) is 0 Å². The molecule has 0 spiro atoms. The normalized spacial score (nSPS) is 22.7. The van der Waals surface area contributed by atoms with Crippen LogP contribution < -0.4 is 5.32 Å². The van der Waals surface area contributed by atoms with Crippen molar-refractivity contribution in [2.45, 2.75) is 37.1 Å². The van der Waals surface area contributed by atoms with Crippen molar-refractivity contribution < 1.29 is 9.32 Å². The Kier molecular flexibility index (Phi) is 4.96. The molecule has 2 atom stereocenters. The fourth-order valence-electron chi connectivity index (χ4n) is 2.32. The van der Waals surface area contributed by atoms with E-state index in [-0.39, 0.29) is 18.1 Å². The van der Waals surface area contributed by atoms with E-state index in [9.17, 15) is 9.32 Å². The Balaban J connectivity index is 2.16. The summed E-state index contributed by atoms with van der Waals surface area (Å²) in [7, 11) is -1.20. The van der Waals surface area contributed by atoms with Crippen LogP contribution in [0.2, 0.25) is 0 Å². The van der Waals surface area contributed by atoms with Crippen LogP contribution in [0.15, 0.2) is 29.2 Å². The van der Waals surface area contributed by atoms with Crippen LogP contribution in [0.1, 0.15) is 26.3 Å². The van der Waals surface area contributed by atoms with Crippen LogP contribution in [0, 0.1) is 0 Å². The molecule has 112 valence electrons. The minimum absolute atomic E-state index is 0.0266. The highest BCUT2D eigenvalue weighted by Gasteiger charge is 2.27. The summed E-state index contributed by atoms with van der Waals surface area (Å²) in [6, 6.07) is 7.89. The molecule has 0 bridgehead atoms. The Morgan fingerprint density at radius 1 is 1.35 bits per heavy atom. The summed E-state index contributed by atoms with van der Waals surface area (Å²) in [5, 5.41) is 12.6. The quantitative estimate of drug-likeness (QED) is 0.883. The number of nitrogens with one attached hydrogen (secondary N) is 1. The van der Waals surface area contributed by atoms with Crippen molar-refractivity contribution in [3.63, 3.8) is 0 Å². The van der Waals surface area contributed by atoms with Crippen molar-refractivity contribution in [2.24, 2.45) is 0 Å². The van der Waals surface area contributed by atoms with E-state index in [1.165, 1.54) is 5.56 Å². The fourth-order valence-corrected chi connectivity index (χ4v) is 3.63. The van der Waals surface area contributed by atoms with Gasteiger partial charge in [-0.15, -0.1) is 0 Å². The summed E-state index contributed by atoms with van der Waals surface area (Å²) >= 11 is 0. The van der Waals surface area contributed by atoms with Crippen LogP contribution in [0.25, 0.3) is 0 Å². The first kappa shape index (κ1) is 15.6. The maximum absolute atomic E-state index is 12.6. The summed E-state index contributed by atoms with van der Waals surface area (Å²) in [6.45, 7) is 8.70. The Bertz CT molecular complexity index is 468. The second kappa shape index (κ2) is 6.35. The van der Waals surface area contributed by atoms with Gasteiger partial charge in [-0.05, 0) is 23.1 Å². The zero-order chi connectivity index (χ0) is 14.8. The molecule has 1 heterocycles. The van der Waals surface area contributed by atoms with Gasteiger partial charge in [-0.3, -0.25) is 0 Å². The molecule has 1 fully saturated rings. The van der Waals surface area contributed by atoms with Gasteiger partial charge in [0.05, 0.1) is 17.5 Å². The number of rotatable bonds is 3. The Hall–Kier alpha value is -0.750. The molecule has 2 N–H and O–H groups in total. The zero-order valence-corrected chi connectivity index (χ0v) is 13.2. The first-order valence-electron chi connectivity index (χ1n) is 7.04. The minimum atomic E-state index is -1.20. The number of nitrogens with zero attached hydrogens (tertiary/aromatic N) is 1. The standard InChI is InChI=1S/C15H24N2O2S/c1-15(2,3)12-4-6-14(7-5-12)20(19)17-9-8-16-10-13(17)11-18/h4-7,13,16,18H,8-11H2,1-3H3. The van der Waals surface area contributed by atoms with Crippen molar-refractivity contribution in [3.8, 4) is 0 Å². The van der Waals surface area contributed by atoms with Crippen LogP contribution in [-0.4, -0.2) is 45.9 Å². The Morgan fingerprint density at radius 3 is 2.55 bits per heavy atom. The van der Waals surface area contributed by atoms with E-state index in [4.69, 9.17) is 0 Å². The number of benzene rings is 1. The second-order valence-electron chi connectivity index (χ2n) is 6.20. The SMILES string of the molecule is CC(C)(C)c1ccc(S(=O)N2CCNCC2CO)cc1. The average molecular weight is 296 g/mol. The number of aliphatic hydroxyl groups excluding tert-OH is 1. The molecule has 1 saturated heterocycles. The van der Waals surface area contributed by atoms with Gasteiger partial charge in [-0.25, -0.2) is 8.51 Å². The van der Waals surface area contributed by atoms with Crippen LogP contribution >= 0.6 is 0 Å². The highest BCUT2D eigenvalue weighted by atomic mass is 32.2. The summed E-state index contributed by atoms with van der Waals surface area (Å²) in [4.78, 5) is 0.804. The summed E-state index contributed by atoms with van der Waals surface area (Å²) in [5.74, 6) is 0. The van der Waals surface area contributed by atoms with E-state index >= 15 is 0 Å². The lowest BCUT2D eigenvalue weighted by Crippen LogP contribution is -2.53. The number of aliphatic hydroxyl groups is 1. The van der Waals surface area contributed by atoms with Gasteiger partial charge in [-0.1, -0.05) is 32.9 Å². The second-order valence-corrected chi connectivity index (χ2v) is 7.64. The molecule has 20 heavy (non-hydrogen) atoms. The molecule has 2 rings (SSSR count). The molecular weight excluding hydrogens is 272 g/mol. The molecule has 0 aromatic heterocycles. The van der Waals surface area contributed by atoms with E-state index < -0.39 is 11.0 Å². The molecule has 1 aliphatic heterocycles. The molecule has 1 aromatic rings. The zero-order valence-electron chi connectivity index (χ0n) is 12.4. The predicted molar refractivity (Wildman–Crippen MR) is 82.0 cm³/mol.